The van der Waals surface area contributed by atoms with Crippen LogP contribution in [0.4, 0.5) is 0 Å². The summed E-state index contributed by atoms with van der Waals surface area (Å²) in [6.45, 7) is 9.71. The molecule has 0 unspecified atom stereocenters. The maximum absolute atomic E-state index is 13.2. The Morgan fingerprint density at radius 3 is 2.45 bits per heavy atom. The average Bonchev–Trinajstić information content (AvgIpc) is 3.24. The van der Waals surface area contributed by atoms with Crippen LogP contribution in [0.3, 0.4) is 0 Å². The van der Waals surface area contributed by atoms with E-state index in [2.05, 4.69) is 31.0 Å². The summed E-state index contributed by atoms with van der Waals surface area (Å²) in [7, 11) is 0. The van der Waals surface area contributed by atoms with Crippen LogP contribution in [0.15, 0.2) is 0 Å². The van der Waals surface area contributed by atoms with Gasteiger partial charge in [0.05, 0.1) is 5.41 Å². The molecular formula is C17H32N2O. The fourth-order valence-electron chi connectivity index (χ4n) is 3.49. The Bertz CT molecular complexity index is 311. The summed E-state index contributed by atoms with van der Waals surface area (Å²) < 4.78 is 0. The van der Waals surface area contributed by atoms with Gasteiger partial charge in [0.2, 0.25) is 5.91 Å². The molecule has 0 bridgehead atoms. The average molecular weight is 280 g/mol. The van der Waals surface area contributed by atoms with Gasteiger partial charge in [-0.3, -0.25) is 4.79 Å². The van der Waals surface area contributed by atoms with Crippen LogP contribution >= 0.6 is 0 Å². The second kappa shape index (κ2) is 6.93. The number of piperidine rings is 1. The van der Waals surface area contributed by atoms with Gasteiger partial charge in [-0.1, -0.05) is 27.2 Å². The van der Waals surface area contributed by atoms with Crippen LogP contribution in [-0.4, -0.2) is 36.5 Å². The zero-order chi connectivity index (χ0) is 14.6. The smallest absolute Gasteiger partial charge is 0.229 e. The van der Waals surface area contributed by atoms with E-state index >= 15 is 0 Å². The molecule has 0 atom stereocenters. The molecular weight excluding hydrogens is 248 g/mol. The van der Waals surface area contributed by atoms with Crippen LogP contribution in [0.1, 0.15) is 65.7 Å². The molecule has 3 nitrogen and oxygen atoms in total. The van der Waals surface area contributed by atoms with Gasteiger partial charge in [-0.25, -0.2) is 0 Å². The SMILES string of the molecule is CCCC1(C(=O)N(CCC(C)C)C2CC2)CCNCC1. The molecule has 0 aromatic carbocycles. The van der Waals surface area contributed by atoms with Crippen molar-refractivity contribution < 1.29 is 4.79 Å². The highest BCUT2D eigenvalue weighted by molar-refractivity contribution is 5.83. The van der Waals surface area contributed by atoms with Crippen molar-refractivity contribution in [1.82, 2.24) is 10.2 Å². The number of hydrogen-bond donors (Lipinski definition) is 1. The molecule has 1 N–H and O–H groups in total. The summed E-state index contributed by atoms with van der Waals surface area (Å²) in [5, 5.41) is 3.42. The third-order valence-corrected chi connectivity index (χ3v) is 4.94. The van der Waals surface area contributed by atoms with Gasteiger partial charge in [-0.15, -0.1) is 0 Å². The zero-order valence-electron chi connectivity index (χ0n) is 13.6. The molecule has 1 aliphatic heterocycles. The van der Waals surface area contributed by atoms with Crippen molar-refractivity contribution in [2.24, 2.45) is 11.3 Å². The largest absolute Gasteiger partial charge is 0.339 e. The minimum Gasteiger partial charge on any atom is -0.339 e. The standard InChI is InChI=1S/C17H32N2O/c1-4-8-17(9-11-18-12-10-17)16(20)19(15-5-6-15)13-7-14(2)3/h14-15,18H,4-13H2,1-3H3. The molecule has 2 aliphatic rings. The van der Waals surface area contributed by atoms with Crippen LogP contribution in [0.25, 0.3) is 0 Å². The number of amides is 1. The lowest BCUT2D eigenvalue weighted by atomic mass is 9.74. The van der Waals surface area contributed by atoms with Crippen LogP contribution in [0.5, 0.6) is 0 Å². The number of nitrogens with zero attached hydrogens (tertiary/aromatic N) is 1. The van der Waals surface area contributed by atoms with Gasteiger partial charge in [0.25, 0.3) is 0 Å². The molecule has 20 heavy (non-hydrogen) atoms. The van der Waals surface area contributed by atoms with Crippen LogP contribution in [0.2, 0.25) is 0 Å². The fourth-order valence-corrected chi connectivity index (χ4v) is 3.49. The fraction of sp³-hybridized carbons (Fsp3) is 0.941. The summed E-state index contributed by atoms with van der Waals surface area (Å²) in [5.74, 6) is 1.16. The maximum atomic E-state index is 13.2. The molecule has 3 heteroatoms. The minimum absolute atomic E-state index is 0.0560. The molecule has 1 heterocycles. The van der Waals surface area contributed by atoms with Gasteiger partial charge >= 0.3 is 0 Å². The highest BCUT2D eigenvalue weighted by Crippen LogP contribution is 2.39. The highest BCUT2D eigenvalue weighted by atomic mass is 16.2. The summed E-state index contributed by atoms with van der Waals surface area (Å²) in [6, 6.07) is 0.560. The second-order valence-corrected chi connectivity index (χ2v) is 7.19. The van der Waals surface area contributed by atoms with E-state index in [9.17, 15) is 4.79 Å². The van der Waals surface area contributed by atoms with Gasteiger partial charge < -0.3 is 10.2 Å². The Morgan fingerprint density at radius 2 is 1.95 bits per heavy atom. The first kappa shape index (κ1) is 15.8. The van der Waals surface area contributed by atoms with Gasteiger partial charge in [0.1, 0.15) is 0 Å². The summed E-state index contributed by atoms with van der Waals surface area (Å²) in [5.41, 5.74) is -0.0560. The molecule has 0 spiro atoms. The normalized spacial score (nSPS) is 22.0. The van der Waals surface area contributed by atoms with E-state index < -0.39 is 0 Å². The van der Waals surface area contributed by atoms with E-state index in [0.29, 0.717) is 17.9 Å². The van der Waals surface area contributed by atoms with Crippen molar-refractivity contribution in [3.63, 3.8) is 0 Å². The zero-order valence-corrected chi connectivity index (χ0v) is 13.6. The quantitative estimate of drug-likeness (QED) is 0.777. The third kappa shape index (κ3) is 3.75. The lowest BCUT2D eigenvalue weighted by Gasteiger charge is -2.40. The number of nitrogens with one attached hydrogen (secondary N) is 1. The van der Waals surface area contributed by atoms with E-state index in [-0.39, 0.29) is 5.41 Å². The second-order valence-electron chi connectivity index (χ2n) is 7.19. The van der Waals surface area contributed by atoms with Gasteiger partial charge in [-0.2, -0.15) is 0 Å². The molecule has 1 aliphatic carbocycles. The van der Waals surface area contributed by atoms with Crippen molar-refractivity contribution in [3.05, 3.63) is 0 Å². The molecule has 0 aromatic heterocycles. The lowest BCUT2D eigenvalue weighted by Crippen LogP contribution is -2.50. The van der Waals surface area contributed by atoms with E-state index in [1.54, 1.807) is 0 Å². The van der Waals surface area contributed by atoms with E-state index in [0.717, 1.165) is 51.7 Å². The summed E-state index contributed by atoms with van der Waals surface area (Å²) in [4.78, 5) is 15.5. The topological polar surface area (TPSA) is 32.3 Å². The number of carbonyl (C=O) groups excluding carboxylic acids is 1. The molecule has 1 amide bonds. The van der Waals surface area contributed by atoms with Crippen molar-refractivity contribution in [2.75, 3.05) is 19.6 Å². The Hall–Kier alpha value is -0.570. The predicted octanol–water partition coefficient (Wildman–Crippen LogP) is 3.19. The summed E-state index contributed by atoms with van der Waals surface area (Å²) >= 11 is 0. The molecule has 2 rings (SSSR count). The molecule has 0 radical (unpaired) electrons. The van der Waals surface area contributed by atoms with E-state index in [1.807, 2.05) is 0 Å². The van der Waals surface area contributed by atoms with Crippen LogP contribution in [0, 0.1) is 11.3 Å². The Kier molecular flexibility index (Phi) is 5.48. The Morgan fingerprint density at radius 1 is 1.30 bits per heavy atom. The Labute approximate surface area is 124 Å². The van der Waals surface area contributed by atoms with Gasteiger partial charge in [0.15, 0.2) is 0 Å². The van der Waals surface area contributed by atoms with Gasteiger partial charge in [0, 0.05) is 12.6 Å². The van der Waals surface area contributed by atoms with Gasteiger partial charge in [-0.05, 0) is 57.5 Å². The summed E-state index contributed by atoms with van der Waals surface area (Å²) in [6.07, 6.45) is 7.85. The number of rotatable bonds is 7. The van der Waals surface area contributed by atoms with Crippen molar-refractivity contribution in [1.29, 1.82) is 0 Å². The van der Waals surface area contributed by atoms with Crippen LogP contribution in [-0.2, 0) is 4.79 Å². The molecule has 1 saturated heterocycles. The molecule has 1 saturated carbocycles. The highest BCUT2D eigenvalue weighted by Gasteiger charge is 2.44. The molecule has 116 valence electrons. The maximum Gasteiger partial charge on any atom is 0.229 e. The number of carbonyl (C=O) groups is 1. The van der Waals surface area contributed by atoms with E-state index in [1.165, 1.54) is 12.8 Å². The lowest BCUT2D eigenvalue weighted by molar-refractivity contribution is -0.145. The van der Waals surface area contributed by atoms with E-state index in [4.69, 9.17) is 0 Å². The number of hydrogen-bond acceptors (Lipinski definition) is 2. The van der Waals surface area contributed by atoms with Crippen LogP contribution < -0.4 is 5.32 Å². The Balaban J connectivity index is 2.06. The van der Waals surface area contributed by atoms with Crippen molar-refractivity contribution in [3.8, 4) is 0 Å². The third-order valence-electron chi connectivity index (χ3n) is 4.94. The first-order chi connectivity index (χ1) is 9.59. The minimum atomic E-state index is -0.0560. The first-order valence-corrected chi connectivity index (χ1v) is 8.61. The predicted molar refractivity (Wildman–Crippen MR) is 83.6 cm³/mol. The first-order valence-electron chi connectivity index (χ1n) is 8.61. The van der Waals surface area contributed by atoms with Crippen molar-refractivity contribution in [2.45, 2.75) is 71.8 Å². The monoisotopic (exact) mass is 280 g/mol. The molecule has 2 fully saturated rings. The van der Waals surface area contributed by atoms with Crippen molar-refractivity contribution >= 4 is 5.91 Å². The molecule has 0 aromatic rings.